The van der Waals surface area contributed by atoms with Crippen molar-refractivity contribution in [1.29, 1.82) is 0 Å². The summed E-state index contributed by atoms with van der Waals surface area (Å²) in [7, 11) is -3.88. The zero-order valence-electron chi connectivity index (χ0n) is 15.6. The number of non-ortho nitro benzene ring substituents is 1. The maximum atomic E-state index is 12.6. The molecule has 0 unspecified atom stereocenters. The molecule has 148 valence electrons. The molecule has 0 spiro atoms. The zero-order valence-corrected chi connectivity index (χ0v) is 16.4. The van der Waals surface area contributed by atoms with Gasteiger partial charge >= 0.3 is 0 Å². The smallest absolute Gasteiger partial charge is 0.269 e. The van der Waals surface area contributed by atoms with Crippen LogP contribution in [0, 0.1) is 16.0 Å². The van der Waals surface area contributed by atoms with Crippen LogP contribution in [0.4, 0.5) is 11.4 Å². The number of amides is 1. The van der Waals surface area contributed by atoms with E-state index in [1.807, 2.05) is 19.9 Å². The Morgan fingerprint density at radius 3 is 2.43 bits per heavy atom. The fraction of sp³-hybridized carbons (Fsp3) is 0.316. The maximum absolute atomic E-state index is 12.6. The number of rotatable bonds is 5. The highest BCUT2D eigenvalue weighted by Gasteiger charge is 2.23. The Balaban J connectivity index is 1.81. The summed E-state index contributed by atoms with van der Waals surface area (Å²) < 4.78 is 27.6. The van der Waals surface area contributed by atoms with Crippen LogP contribution in [-0.2, 0) is 27.8 Å². The Bertz CT molecular complexity index is 1020. The quantitative estimate of drug-likeness (QED) is 0.610. The number of nitrogens with zero attached hydrogens (tertiary/aromatic N) is 2. The van der Waals surface area contributed by atoms with Gasteiger partial charge in [-0.15, -0.1) is 0 Å². The number of hydrogen-bond donors (Lipinski definition) is 1. The molecular formula is C19H21N3O5S. The zero-order chi connectivity index (χ0) is 20.5. The van der Waals surface area contributed by atoms with Crippen molar-refractivity contribution in [2.75, 3.05) is 11.3 Å². The molecule has 1 N–H and O–H groups in total. The number of nitro benzene ring substituents is 1. The molecule has 1 amide bonds. The van der Waals surface area contributed by atoms with Gasteiger partial charge in [0.25, 0.3) is 15.7 Å². The lowest BCUT2D eigenvalue weighted by Gasteiger charge is -2.30. The molecule has 0 saturated heterocycles. The van der Waals surface area contributed by atoms with Crippen molar-refractivity contribution in [3.63, 3.8) is 0 Å². The lowest BCUT2D eigenvalue weighted by molar-refractivity contribution is -0.384. The van der Waals surface area contributed by atoms with Gasteiger partial charge in [-0.2, -0.15) is 0 Å². The molecule has 8 nitrogen and oxygen atoms in total. The van der Waals surface area contributed by atoms with E-state index in [9.17, 15) is 23.3 Å². The van der Waals surface area contributed by atoms with Gasteiger partial charge in [0.15, 0.2) is 0 Å². The molecule has 0 atom stereocenters. The van der Waals surface area contributed by atoms with Crippen LogP contribution in [0.1, 0.15) is 25.0 Å². The number of carbonyl (C=O) groups is 1. The largest absolute Gasteiger partial charge is 0.338 e. The normalized spacial score (nSPS) is 13.9. The molecule has 0 fully saturated rings. The predicted octanol–water partition coefficient (Wildman–Crippen LogP) is 2.94. The second-order valence-corrected chi connectivity index (χ2v) is 8.69. The number of hydrogen-bond acceptors (Lipinski definition) is 5. The highest BCUT2D eigenvalue weighted by molar-refractivity contribution is 7.92. The average molecular weight is 403 g/mol. The van der Waals surface area contributed by atoms with Crippen molar-refractivity contribution in [2.24, 2.45) is 5.92 Å². The summed E-state index contributed by atoms with van der Waals surface area (Å²) in [5.41, 5.74) is 2.20. The van der Waals surface area contributed by atoms with E-state index in [1.54, 1.807) is 17.0 Å². The van der Waals surface area contributed by atoms with Gasteiger partial charge in [0.05, 0.1) is 9.82 Å². The molecule has 3 rings (SSSR count). The Morgan fingerprint density at radius 1 is 1.14 bits per heavy atom. The molecule has 0 radical (unpaired) electrons. The fourth-order valence-electron chi connectivity index (χ4n) is 3.13. The van der Waals surface area contributed by atoms with Crippen molar-refractivity contribution in [2.45, 2.75) is 31.7 Å². The van der Waals surface area contributed by atoms with Crippen LogP contribution in [0.5, 0.6) is 0 Å². The number of carbonyl (C=O) groups excluding carboxylic acids is 1. The van der Waals surface area contributed by atoms with E-state index in [-0.39, 0.29) is 22.4 Å². The first-order valence-electron chi connectivity index (χ1n) is 8.85. The molecule has 2 aromatic carbocycles. The van der Waals surface area contributed by atoms with E-state index >= 15 is 0 Å². The summed E-state index contributed by atoms with van der Waals surface area (Å²) in [5, 5.41) is 10.7. The number of benzene rings is 2. The van der Waals surface area contributed by atoms with Gasteiger partial charge in [-0.3, -0.25) is 19.6 Å². The summed E-state index contributed by atoms with van der Waals surface area (Å²) in [5.74, 6) is -0.0205. The van der Waals surface area contributed by atoms with Crippen molar-refractivity contribution >= 4 is 27.3 Å². The first-order chi connectivity index (χ1) is 13.2. The Kier molecular flexibility index (Phi) is 5.37. The maximum Gasteiger partial charge on any atom is 0.269 e. The highest BCUT2D eigenvalue weighted by atomic mass is 32.2. The number of fused-ring (bicyclic) bond motifs is 1. The van der Waals surface area contributed by atoms with E-state index < -0.39 is 14.9 Å². The summed E-state index contributed by atoms with van der Waals surface area (Å²) in [6.07, 6.45) is 0.725. The Labute approximate surface area is 163 Å². The SMILES string of the molecule is CC(C)C(=O)N1CCc2ccc(NS(=O)(=O)c3ccc([N+](=O)[O-])cc3)cc2C1. The van der Waals surface area contributed by atoms with Crippen molar-refractivity contribution in [3.8, 4) is 0 Å². The van der Waals surface area contributed by atoms with Crippen molar-refractivity contribution in [3.05, 3.63) is 63.7 Å². The number of anilines is 1. The van der Waals surface area contributed by atoms with E-state index in [2.05, 4.69) is 4.72 Å². The average Bonchev–Trinajstić information content (AvgIpc) is 2.66. The van der Waals surface area contributed by atoms with Crippen LogP contribution >= 0.6 is 0 Å². The minimum absolute atomic E-state index is 0.0626. The van der Waals surface area contributed by atoms with E-state index in [4.69, 9.17) is 0 Å². The van der Waals surface area contributed by atoms with E-state index in [0.717, 1.165) is 29.7 Å². The van der Waals surface area contributed by atoms with Gasteiger partial charge in [-0.25, -0.2) is 8.42 Å². The van der Waals surface area contributed by atoms with Crippen LogP contribution in [-0.4, -0.2) is 30.7 Å². The molecule has 0 aromatic heterocycles. The topological polar surface area (TPSA) is 110 Å². The minimum Gasteiger partial charge on any atom is -0.338 e. The van der Waals surface area contributed by atoms with E-state index in [1.165, 1.54) is 12.1 Å². The lowest BCUT2D eigenvalue weighted by Crippen LogP contribution is -2.38. The fourth-order valence-corrected chi connectivity index (χ4v) is 4.18. The van der Waals surface area contributed by atoms with E-state index in [0.29, 0.717) is 18.8 Å². The molecule has 1 aliphatic rings. The molecule has 1 aliphatic heterocycles. The first-order valence-corrected chi connectivity index (χ1v) is 10.3. The highest BCUT2D eigenvalue weighted by Crippen LogP contribution is 2.25. The number of nitrogens with one attached hydrogen (secondary N) is 1. The molecule has 2 aromatic rings. The molecule has 9 heteroatoms. The van der Waals surface area contributed by atoms with Crippen molar-refractivity contribution in [1.82, 2.24) is 4.90 Å². The third-order valence-electron chi connectivity index (χ3n) is 4.63. The second kappa shape index (κ2) is 7.59. The number of nitro groups is 1. The summed E-state index contributed by atoms with van der Waals surface area (Å²) in [6.45, 7) is 4.80. The van der Waals surface area contributed by atoms with Crippen LogP contribution in [0.15, 0.2) is 47.4 Å². The third kappa shape index (κ3) is 4.14. The monoisotopic (exact) mass is 403 g/mol. The number of sulfonamides is 1. The Morgan fingerprint density at radius 2 is 1.82 bits per heavy atom. The standard InChI is InChI=1S/C19H21N3O5S/c1-13(2)19(23)21-10-9-14-3-4-16(11-15(14)12-21)20-28(26,27)18-7-5-17(6-8-18)22(24)25/h3-8,11,13,20H,9-10,12H2,1-2H3. The Hall–Kier alpha value is -2.94. The second-order valence-electron chi connectivity index (χ2n) is 7.00. The molecule has 1 heterocycles. The van der Waals surface area contributed by atoms with Gasteiger partial charge in [0.2, 0.25) is 5.91 Å². The van der Waals surface area contributed by atoms with Gasteiger partial charge < -0.3 is 4.90 Å². The van der Waals surface area contributed by atoms with Gasteiger partial charge in [-0.05, 0) is 41.8 Å². The molecule has 0 saturated carbocycles. The third-order valence-corrected chi connectivity index (χ3v) is 6.03. The van der Waals surface area contributed by atoms with Crippen LogP contribution < -0.4 is 4.72 Å². The summed E-state index contributed by atoms with van der Waals surface area (Å²) >= 11 is 0. The van der Waals surface area contributed by atoms with Gasteiger partial charge in [-0.1, -0.05) is 19.9 Å². The van der Waals surface area contributed by atoms with Crippen molar-refractivity contribution < 1.29 is 18.1 Å². The predicted molar refractivity (Wildman–Crippen MR) is 104 cm³/mol. The summed E-state index contributed by atoms with van der Waals surface area (Å²) in [4.78, 5) is 24.1. The minimum atomic E-state index is -3.88. The lowest BCUT2D eigenvalue weighted by atomic mass is 9.98. The molecule has 28 heavy (non-hydrogen) atoms. The molecule has 0 bridgehead atoms. The van der Waals surface area contributed by atoms with Crippen LogP contribution in [0.25, 0.3) is 0 Å². The summed E-state index contributed by atoms with van der Waals surface area (Å²) in [6, 6.07) is 9.97. The van der Waals surface area contributed by atoms with Gasteiger partial charge in [0.1, 0.15) is 0 Å². The van der Waals surface area contributed by atoms with Crippen LogP contribution in [0.2, 0.25) is 0 Å². The van der Waals surface area contributed by atoms with Gasteiger partial charge in [0, 0.05) is 36.8 Å². The molecular weight excluding hydrogens is 382 g/mol. The van der Waals surface area contributed by atoms with Crippen LogP contribution in [0.3, 0.4) is 0 Å². The molecule has 0 aliphatic carbocycles. The first kappa shape index (κ1) is 19.8.